The lowest BCUT2D eigenvalue weighted by Gasteiger charge is -2.10. The summed E-state index contributed by atoms with van der Waals surface area (Å²) in [5, 5.41) is 19.7. The van der Waals surface area contributed by atoms with Crippen LogP contribution in [-0.4, -0.2) is 40.6 Å². The van der Waals surface area contributed by atoms with E-state index in [-0.39, 0.29) is 12.3 Å². The summed E-state index contributed by atoms with van der Waals surface area (Å²) in [6.45, 7) is 2.20. The van der Waals surface area contributed by atoms with E-state index in [1.165, 1.54) is 6.08 Å². The Morgan fingerprint density at radius 3 is 2.56 bits per heavy atom. The summed E-state index contributed by atoms with van der Waals surface area (Å²) >= 11 is 0. The van der Waals surface area contributed by atoms with E-state index in [1.807, 2.05) is 0 Å². The van der Waals surface area contributed by atoms with Gasteiger partial charge in [-0.25, -0.2) is 4.79 Å². The Kier molecular flexibility index (Phi) is 7.50. The standard InChI is InChI=1S/C9H16NO5P/c1-2-10-8(12)5-7(16(15)6-11)3-4-9(13)14/h3-4,7,11,16H,2,5-6H2,1H3,(H,10,12)(H,13,14)/b4-3-. The third-order valence-corrected chi connectivity index (χ3v) is 3.36. The molecule has 0 rings (SSSR count). The average molecular weight is 249 g/mol. The van der Waals surface area contributed by atoms with E-state index >= 15 is 0 Å². The molecule has 0 aliphatic rings. The molecule has 2 unspecified atom stereocenters. The Bertz CT molecular complexity index is 302. The van der Waals surface area contributed by atoms with E-state index in [0.717, 1.165) is 6.08 Å². The second-order valence-electron chi connectivity index (χ2n) is 3.09. The maximum absolute atomic E-state index is 11.4. The van der Waals surface area contributed by atoms with Crippen molar-refractivity contribution < 1.29 is 24.4 Å². The zero-order valence-electron chi connectivity index (χ0n) is 8.97. The maximum atomic E-state index is 11.4. The third-order valence-electron chi connectivity index (χ3n) is 1.82. The van der Waals surface area contributed by atoms with Crippen molar-refractivity contribution in [2.45, 2.75) is 19.0 Å². The predicted molar refractivity (Wildman–Crippen MR) is 60.0 cm³/mol. The van der Waals surface area contributed by atoms with Crippen molar-refractivity contribution in [2.75, 3.05) is 12.9 Å². The Morgan fingerprint density at radius 1 is 1.50 bits per heavy atom. The van der Waals surface area contributed by atoms with E-state index in [4.69, 9.17) is 10.2 Å². The Labute approximate surface area is 94.1 Å². The van der Waals surface area contributed by atoms with Gasteiger partial charge in [0.25, 0.3) is 0 Å². The summed E-state index contributed by atoms with van der Waals surface area (Å²) < 4.78 is 11.4. The zero-order chi connectivity index (χ0) is 12.6. The van der Waals surface area contributed by atoms with Crippen LogP contribution in [0.2, 0.25) is 0 Å². The van der Waals surface area contributed by atoms with Crippen molar-refractivity contribution in [3.63, 3.8) is 0 Å². The molecule has 7 heteroatoms. The monoisotopic (exact) mass is 249 g/mol. The van der Waals surface area contributed by atoms with Gasteiger partial charge in [0.15, 0.2) is 0 Å². The lowest BCUT2D eigenvalue weighted by Crippen LogP contribution is -2.25. The number of aliphatic carboxylic acids is 1. The highest BCUT2D eigenvalue weighted by Crippen LogP contribution is 2.30. The number of aliphatic hydroxyl groups is 1. The molecule has 92 valence electrons. The summed E-state index contributed by atoms with van der Waals surface area (Å²) in [5.74, 6) is -1.48. The molecule has 0 saturated heterocycles. The molecule has 0 aliphatic heterocycles. The van der Waals surface area contributed by atoms with Crippen molar-refractivity contribution in [2.24, 2.45) is 0 Å². The minimum absolute atomic E-state index is 0.0734. The topological polar surface area (TPSA) is 104 Å². The predicted octanol–water partition coefficient (Wildman–Crippen LogP) is 0.0315. The molecule has 0 aliphatic carbocycles. The van der Waals surface area contributed by atoms with Gasteiger partial charge in [0.2, 0.25) is 5.91 Å². The molecular weight excluding hydrogens is 233 g/mol. The van der Waals surface area contributed by atoms with Gasteiger partial charge in [0.05, 0.1) is 6.35 Å². The number of hydrogen-bond donors (Lipinski definition) is 3. The molecule has 2 atom stereocenters. The first-order chi connectivity index (χ1) is 7.51. The van der Waals surface area contributed by atoms with Gasteiger partial charge in [-0.15, -0.1) is 0 Å². The van der Waals surface area contributed by atoms with Crippen LogP contribution in [0, 0.1) is 0 Å². The first kappa shape index (κ1) is 14.9. The number of nitrogens with one attached hydrogen (secondary N) is 1. The van der Waals surface area contributed by atoms with Gasteiger partial charge in [0.1, 0.15) is 7.80 Å². The van der Waals surface area contributed by atoms with Crippen LogP contribution in [-0.2, 0) is 14.2 Å². The van der Waals surface area contributed by atoms with Crippen LogP contribution in [0.1, 0.15) is 13.3 Å². The molecule has 6 nitrogen and oxygen atoms in total. The van der Waals surface area contributed by atoms with Crippen LogP contribution in [0.3, 0.4) is 0 Å². The van der Waals surface area contributed by atoms with Gasteiger partial charge in [0, 0.05) is 24.7 Å². The van der Waals surface area contributed by atoms with Crippen LogP contribution in [0.15, 0.2) is 12.2 Å². The fourth-order valence-electron chi connectivity index (χ4n) is 1.07. The number of amides is 1. The fourth-order valence-corrected chi connectivity index (χ4v) is 2.03. The van der Waals surface area contributed by atoms with Crippen molar-refractivity contribution >= 4 is 19.7 Å². The summed E-state index contributed by atoms with van der Waals surface area (Å²) in [5.41, 5.74) is -0.711. The minimum Gasteiger partial charge on any atom is -0.478 e. The molecule has 0 spiro atoms. The highest BCUT2D eigenvalue weighted by molar-refractivity contribution is 7.45. The number of carboxylic acids is 1. The number of hydrogen-bond acceptors (Lipinski definition) is 4. The van der Waals surface area contributed by atoms with Crippen molar-refractivity contribution in [1.82, 2.24) is 5.32 Å². The van der Waals surface area contributed by atoms with Crippen molar-refractivity contribution in [3.05, 3.63) is 12.2 Å². The van der Waals surface area contributed by atoms with E-state index in [9.17, 15) is 14.2 Å². The van der Waals surface area contributed by atoms with Crippen molar-refractivity contribution in [1.29, 1.82) is 0 Å². The van der Waals surface area contributed by atoms with Gasteiger partial charge in [-0.2, -0.15) is 0 Å². The van der Waals surface area contributed by atoms with E-state index in [1.54, 1.807) is 6.92 Å². The Morgan fingerprint density at radius 2 is 2.12 bits per heavy atom. The first-order valence-electron chi connectivity index (χ1n) is 4.82. The molecule has 0 saturated carbocycles. The fraction of sp³-hybridized carbons (Fsp3) is 0.556. The molecule has 0 radical (unpaired) electrons. The maximum Gasteiger partial charge on any atom is 0.328 e. The number of carbonyl (C=O) groups is 2. The number of allylic oxidation sites excluding steroid dienone is 1. The molecule has 0 heterocycles. The quantitative estimate of drug-likeness (QED) is 0.436. The van der Waals surface area contributed by atoms with E-state index in [2.05, 4.69) is 5.32 Å². The largest absolute Gasteiger partial charge is 0.478 e. The lowest BCUT2D eigenvalue weighted by atomic mass is 10.2. The smallest absolute Gasteiger partial charge is 0.328 e. The zero-order valence-corrected chi connectivity index (χ0v) is 9.97. The van der Waals surface area contributed by atoms with Crippen LogP contribution < -0.4 is 5.32 Å². The van der Waals surface area contributed by atoms with E-state index < -0.39 is 25.8 Å². The molecule has 0 aromatic heterocycles. The van der Waals surface area contributed by atoms with Gasteiger partial charge in [-0.1, -0.05) is 6.08 Å². The normalized spacial score (nSPS) is 14.6. The van der Waals surface area contributed by atoms with Crippen LogP contribution in [0.4, 0.5) is 0 Å². The lowest BCUT2D eigenvalue weighted by molar-refractivity contribution is -0.131. The van der Waals surface area contributed by atoms with Gasteiger partial charge >= 0.3 is 5.97 Å². The van der Waals surface area contributed by atoms with Crippen LogP contribution in [0.5, 0.6) is 0 Å². The van der Waals surface area contributed by atoms with Gasteiger partial charge < -0.3 is 20.1 Å². The number of carboxylic acid groups (broad SMARTS) is 1. The Hall–Kier alpha value is -1.13. The van der Waals surface area contributed by atoms with Crippen molar-refractivity contribution in [3.8, 4) is 0 Å². The van der Waals surface area contributed by atoms with Crippen LogP contribution in [0.25, 0.3) is 0 Å². The summed E-state index contributed by atoms with van der Waals surface area (Å²) in [4.78, 5) is 21.5. The molecule has 0 aromatic carbocycles. The average Bonchev–Trinajstić information content (AvgIpc) is 2.23. The van der Waals surface area contributed by atoms with Gasteiger partial charge in [-0.3, -0.25) is 4.79 Å². The first-order valence-corrected chi connectivity index (χ1v) is 6.51. The Balaban J connectivity index is 4.49. The molecule has 0 bridgehead atoms. The molecule has 0 fully saturated rings. The highest BCUT2D eigenvalue weighted by atomic mass is 31.1. The second kappa shape index (κ2) is 8.07. The number of aliphatic hydroxyl groups excluding tert-OH is 1. The number of rotatable bonds is 7. The summed E-state index contributed by atoms with van der Waals surface area (Å²) in [6.07, 6.45) is 1.42. The molecular formula is C9H16NO5P. The van der Waals surface area contributed by atoms with Gasteiger partial charge in [-0.05, 0) is 6.92 Å². The molecule has 1 amide bonds. The summed E-state index contributed by atoms with van der Waals surface area (Å²) in [6, 6.07) is 0. The SMILES string of the molecule is CCNC(=O)CC(/C=C\C(=O)O)[PH](=O)CO. The molecule has 0 aromatic rings. The summed E-state index contributed by atoms with van der Waals surface area (Å²) in [7, 11) is -2.38. The second-order valence-corrected chi connectivity index (χ2v) is 5.08. The van der Waals surface area contributed by atoms with Crippen LogP contribution >= 0.6 is 7.80 Å². The van der Waals surface area contributed by atoms with E-state index in [0.29, 0.717) is 6.54 Å². The third kappa shape index (κ3) is 6.37. The molecule has 3 N–H and O–H groups in total. The minimum atomic E-state index is -2.38. The highest BCUT2D eigenvalue weighted by Gasteiger charge is 2.16. The molecule has 16 heavy (non-hydrogen) atoms. The number of carbonyl (C=O) groups excluding carboxylic acids is 1.